The molecule has 9 heavy (non-hydrogen) atoms. The highest BCUT2D eigenvalue weighted by atomic mass is 16.2. The van der Waals surface area contributed by atoms with Gasteiger partial charge in [0.05, 0.1) is 0 Å². The van der Waals surface area contributed by atoms with Gasteiger partial charge in [-0.3, -0.25) is 0 Å². The normalized spacial score (nSPS) is 10.0. The number of hydrogen-bond donors (Lipinski definition) is 2. The highest BCUT2D eigenvalue weighted by molar-refractivity contribution is 5.96. The first-order chi connectivity index (χ1) is 4.16. The molecule has 0 rings (SSSR count). The topological polar surface area (TPSA) is 91.3 Å². The first kappa shape index (κ1) is 7.43. The first-order valence-corrected chi connectivity index (χ1v) is 2.16. The van der Waals surface area contributed by atoms with Gasteiger partial charge in [0.2, 0.25) is 0 Å². The average Bonchev–Trinajstić information content (AvgIpc) is 1.83. The number of nitrogens with one attached hydrogen (secondary N) is 1. The van der Waals surface area contributed by atoms with Crippen LogP contribution in [0.5, 0.6) is 0 Å². The molecule has 0 radical (unpaired) electrons. The lowest BCUT2D eigenvalue weighted by Crippen LogP contribution is -2.25. The SMILES string of the molecule is CC(C#N)=NNC(N)=O. The Morgan fingerprint density at radius 1 is 1.89 bits per heavy atom. The van der Waals surface area contributed by atoms with Gasteiger partial charge in [0, 0.05) is 0 Å². The summed E-state index contributed by atoms with van der Waals surface area (Å²) in [6.45, 7) is 1.45. The minimum atomic E-state index is -0.774. The minimum absolute atomic E-state index is 0.161. The molecule has 0 atom stereocenters. The maximum atomic E-state index is 9.91. The van der Waals surface area contributed by atoms with Crippen LogP contribution < -0.4 is 11.2 Å². The van der Waals surface area contributed by atoms with Crippen LogP contribution in [0.3, 0.4) is 0 Å². The first-order valence-electron chi connectivity index (χ1n) is 2.16. The number of hydrogen-bond acceptors (Lipinski definition) is 3. The summed E-state index contributed by atoms with van der Waals surface area (Å²) in [6, 6.07) is 0.926. The third-order valence-corrected chi connectivity index (χ3v) is 0.496. The molecule has 0 spiro atoms. The van der Waals surface area contributed by atoms with Gasteiger partial charge < -0.3 is 5.73 Å². The summed E-state index contributed by atoms with van der Waals surface area (Å²) in [6.07, 6.45) is 0. The second-order valence-corrected chi connectivity index (χ2v) is 1.29. The largest absolute Gasteiger partial charge is 0.350 e. The smallest absolute Gasteiger partial charge is 0.332 e. The Hall–Kier alpha value is -1.57. The van der Waals surface area contributed by atoms with Crippen LogP contribution in [0.2, 0.25) is 0 Å². The lowest BCUT2D eigenvalue weighted by molar-refractivity contribution is 0.249. The summed E-state index contributed by atoms with van der Waals surface area (Å²) in [5.41, 5.74) is 6.69. The number of amides is 2. The van der Waals surface area contributed by atoms with E-state index in [4.69, 9.17) is 5.26 Å². The molecule has 0 aromatic carbocycles. The summed E-state index contributed by atoms with van der Waals surface area (Å²) in [5.74, 6) is 0. The monoisotopic (exact) mass is 126 g/mol. The molecule has 3 N–H and O–H groups in total. The number of urea groups is 1. The van der Waals surface area contributed by atoms with Crippen LogP contribution in [-0.4, -0.2) is 11.7 Å². The molecule has 5 nitrogen and oxygen atoms in total. The Labute approximate surface area is 52.1 Å². The predicted octanol–water partition coefficient (Wildman–Crippen LogP) is -0.446. The van der Waals surface area contributed by atoms with Crippen molar-refractivity contribution in [3.63, 3.8) is 0 Å². The van der Waals surface area contributed by atoms with Gasteiger partial charge in [-0.25, -0.2) is 10.2 Å². The van der Waals surface area contributed by atoms with E-state index in [-0.39, 0.29) is 5.71 Å². The van der Waals surface area contributed by atoms with Crippen molar-refractivity contribution in [3.05, 3.63) is 0 Å². The molecule has 48 valence electrons. The summed E-state index contributed by atoms with van der Waals surface area (Å²) < 4.78 is 0. The molecule has 0 fully saturated rings. The standard InChI is InChI=1S/C4H6N4O/c1-3(2-5)7-8-4(6)9/h1H3,(H3,6,8,9). The zero-order valence-corrected chi connectivity index (χ0v) is 4.88. The van der Waals surface area contributed by atoms with E-state index in [1.165, 1.54) is 6.92 Å². The van der Waals surface area contributed by atoms with Crippen LogP contribution in [0, 0.1) is 11.3 Å². The average molecular weight is 126 g/mol. The lowest BCUT2D eigenvalue weighted by Gasteiger charge is -1.88. The van der Waals surface area contributed by atoms with Crippen molar-refractivity contribution < 1.29 is 4.79 Å². The molecule has 2 amide bonds. The molecule has 0 aromatic rings. The molecule has 0 aliphatic rings. The van der Waals surface area contributed by atoms with E-state index in [1.807, 2.05) is 5.43 Å². The van der Waals surface area contributed by atoms with E-state index in [1.54, 1.807) is 6.07 Å². The fourth-order valence-corrected chi connectivity index (χ4v) is 0.164. The molecular weight excluding hydrogens is 120 g/mol. The van der Waals surface area contributed by atoms with Crippen LogP contribution >= 0.6 is 0 Å². The number of nitriles is 1. The molecule has 0 saturated heterocycles. The zero-order chi connectivity index (χ0) is 7.28. The maximum absolute atomic E-state index is 9.91. The molecule has 0 unspecified atom stereocenters. The van der Waals surface area contributed by atoms with Gasteiger partial charge in [-0.1, -0.05) is 0 Å². The van der Waals surface area contributed by atoms with Gasteiger partial charge in [-0.2, -0.15) is 10.4 Å². The van der Waals surface area contributed by atoms with Gasteiger partial charge in [0.1, 0.15) is 11.8 Å². The Morgan fingerprint density at radius 2 is 2.44 bits per heavy atom. The van der Waals surface area contributed by atoms with Gasteiger partial charge in [0.25, 0.3) is 0 Å². The van der Waals surface area contributed by atoms with Crippen molar-refractivity contribution >= 4 is 11.7 Å². The third-order valence-electron chi connectivity index (χ3n) is 0.496. The van der Waals surface area contributed by atoms with Crippen LogP contribution in [0.15, 0.2) is 5.10 Å². The van der Waals surface area contributed by atoms with Crippen molar-refractivity contribution in [2.24, 2.45) is 10.8 Å². The molecule has 0 saturated carbocycles. The third kappa shape index (κ3) is 4.28. The zero-order valence-electron chi connectivity index (χ0n) is 4.88. The molecule has 0 heterocycles. The molecule has 0 aromatic heterocycles. The molecule has 0 aliphatic carbocycles. The summed E-state index contributed by atoms with van der Waals surface area (Å²) in [7, 11) is 0. The van der Waals surface area contributed by atoms with Gasteiger partial charge in [0.15, 0.2) is 0 Å². The molecular formula is C4H6N4O. The Morgan fingerprint density at radius 3 is 2.78 bits per heavy atom. The van der Waals surface area contributed by atoms with Crippen LogP contribution in [0.1, 0.15) is 6.92 Å². The van der Waals surface area contributed by atoms with Crippen molar-refractivity contribution in [1.29, 1.82) is 5.26 Å². The van der Waals surface area contributed by atoms with E-state index in [0.29, 0.717) is 0 Å². The van der Waals surface area contributed by atoms with Gasteiger partial charge >= 0.3 is 6.03 Å². The lowest BCUT2D eigenvalue weighted by atomic mass is 10.5. The highest BCUT2D eigenvalue weighted by Gasteiger charge is 1.86. The van der Waals surface area contributed by atoms with E-state index in [2.05, 4.69) is 10.8 Å². The van der Waals surface area contributed by atoms with Crippen molar-refractivity contribution in [2.45, 2.75) is 6.92 Å². The van der Waals surface area contributed by atoms with Gasteiger partial charge in [-0.15, -0.1) is 0 Å². The number of hydrazone groups is 1. The number of carbonyl (C=O) groups is 1. The fourth-order valence-electron chi connectivity index (χ4n) is 0.164. The van der Waals surface area contributed by atoms with E-state index < -0.39 is 6.03 Å². The Kier molecular flexibility index (Phi) is 2.84. The quantitative estimate of drug-likeness (QED) is 0.368. The Bertz CT molecular complexity index is 177. The number of rotatable bonds is 1. The number of carbonyl (C=O) groups excluding carboxylic acids is 1. The fraction of sp³-hybridized carbons (Fsp3) is 0.250. The number of nitrogens with two attached hydrogens (primary N) is 1. The van der Waals surface area contributed by atoms with Crippen molar-refractivity contribution in [1.82, 2.24) is 5.43 Å². The predicted molar refractivity (Wildman–Crippen MR) is 31.4 cm³/mol. The second-order valence-electron chi connectivity index (χ2n) is 1.29. The second kappa shape index (κ2) is 3.43. The Balaban J connectivity index is 3.74. The van der Waals surface area contributed by atoms with E-state index in [9.17, 15) is 4.79 Å². The maximum Gasteiger partial charge on any atom is 0.332 e. The van der Waals surface area contributed by atoms with E-state index >= 15 is 0 Å². The highest BCUT2D eigenvalue weighted by Crippen LogP contribution is 1.67. The van der Waals surface area contributed by atoms with Crippen LogP contribution in [0.4, 0.5) is 4.79 Å². The summed E-state index contributed by atoms with van der Waals surface area (Å²) in [4.78, 5) is 9.91. The number of primary amides is 1. The van der Waals surface area contributed by atoms with E-state index in [0.717, 1.165) is 0 Å². The minimum Gasteiger partial charge on any atom is -0.350 e. The molecule has 5 heteroatoms. The van der Waals surface area contributed by atoms with Crippen LogP contribution in [0.25, 0.3) is 0 Å². The summed E-state index contributed by atoms with van der Waals surface area (Å²) >= 11 is 0. The van der Waals surface area contributed by atoms with Crippen LogP contribution in [-0.2, 0) is 0 Å². The van der Waals surface area contributed by atoms with Crippen molar-refractivity contribution in [2.75, 3.05) is 0 Å². The number of nitrogens with zero attached hydrogens (tertiary/aromatic N) is 2. The summed E-state index contributed by atoms with van der Waals surface area (Å²) in [5, 5.41) is 11.3. The van der Waals surface area contributed by atoms with Gasteiger partial charge in [-0.05, 0) is 6.92 Å². The molecule has 0 aliphatic heterocycles. The van der Waals surface area contributed by atoms with Crippen molar-refractivity contribution in [3.8, 4) is 6.07 Å². The molecule has 0 bridgehead atoms.